The molecule has 0 saturated heterocycles. The number of hydrogen-bond acceptors (Lipinski definition) is 1. The first-order chi connectivity index (χ1) is 10.6. The van der Waals surface area contributed by atoms with Gasteiger partial charge < -0.3 is 0 Å². The second kappa shape index (κ2) is 5.08. The zero-order chi connectivity index (χ0) is 15.3. The molecule has 5 rings (SSSR count). The summed E-state index contributed by atoms with van der Waals surface area (Å²) in [5.41, 5.74) is 2.52. The second-order valence-electron chi connectivity index (χ2n) is 7.94. The fourth-order valence-corrected chi connectivity index (χ4v) is 6.08. The predicted octanol–water partition coefficient (Wildman–Crippen LogP) is 4.92. The summed E-state index contributed by atoms with van der Waals surface area (Å²) in [6.45, 7) is 4.00. The molecule has 0 amide bonds. The first kappa shape index (κ1) is 14.2. The summed E-state index contributed by atoms with van der Waals surface area (Å²) < 4.78 is 0. The Morgan fingerprint density at radius 3 is 2.32 bits per heavy atom. The molecule has 1 heteroatoms. The third-order valence-electron chi connectivity index (χ3n) is 6.76. The van der Waals surface area contributed by atoms with Crippen LogP contribution in [-0.4, -0.2) is 5.78 Å². The number of carbonyl (C=O) groups is 1. The lowest BCUT2D eigenvalue weighted by atomic mass is 9.42. The van der Waals surface area contributed by atoms with Crippen LogP contribution in [0, 0.1) is 23.7 Å². The Labute approximate surface area is 133 Å². The maximum atomic E-state index is 13.2. The number of carbonyl (C=O) groups excluding carboxylic acids is 1. The van der Waals surface area contributed by atoms with Crippen LogP contribution < -0.4 is 0 Å². The van der Waals surface area contributed by atoms with E-state index in [1.54, 1.807) is 0 Å². The quantitative estimate of drug-likeness (QED) is 0.723. The van der Waals surface area contributed by atoms with Gasteiger partial charge in [-0.1, -0.05) is 36.4 Å². The van der Waals surface area contributed by atoms with E-state index in [9.17, 15) is 4.79 Å². The molecule has 22 heavy (non-hydrogen) atoms. The van der Waals surface area contributed by atoms with E-state index in [0.29, 0.717) is 11.7 Å². The fourth-order valence-electron chi connectivity index (χ4n) is 6.08. The molecule has 0 aliphatic heterocycles. The van der Waals surface area contributed by atoms with Crippen LogP contribution in [0.1, 0.15) is 51.5 Å². The summed E-state index contributed by atoms with van der Waals surface area (Å²) in [7, 11) is 0. The van der Waals surface area contributed by atoms with Crippen molar-refractivity contribution >= 4 is 5.78 Å². The molecular formula is C21H26O. The predicted molar refractivity (Wildman–Crippen MR) is 89.6 cm³/mol. The molecule has 4 aliphatic rings. The molecule has 1 nitrogen and oxygen atoms in total. The normalized spacial score (nSPS) is 40.0. The molecule has 4 bridgehead atoms. The molecule has 0 radical (unpaired) electrons. The number of hydrogen-bond donors (Lipinski definition) is 0. The van der Waals surface area contributed by atoms with Crippen LogP contribution in [-0.2, 0) is 10.2 Å². The Hall–Kier alpha value is -1.37. The first-order valence-electron chi connectivity index (χ1n) is 8.86. The van der Waals surface area contributed by atoms with E-state index in [1.807, 2.05) is 19.9 Å². The first-order valence-corrected chi connectivity index (χ1v) is 8.86. The number of ketones is 1. The van der Waals surface area contributed by atoms with Crippen molar-refractivity contribution in [3.05, 3.63) is 47.5 Å². The molecule has 0 heterocycles. The fraction of sp³-hybridized carbons (Fsp3) is 0.571. The Morgan fingerprint density at radius 2 is 1.73 bits per heavy atom. The molecule has 1 aromatic rings. The average molecular weight is 294 g/mol. The van der Waals surface area contributed by atoms with E-state index in [4.69, 9.17) is 0 Å². The van der Waals surface area contributed by atoms with Crippen LogP contribution in [0.4, 0.5) is 0 Å². The van der Waals surface area contributed by atoms with Gasteiger partial charge in [0.05, 0.1) is 0 Å². The largest absolute Gasteiger partial charge is 0.294 e. The van der Waals surface area contributed by atoms with Crippen LogP contribution in [0.3, 0.4) is 0 Å². The van der Waals surface area contributed by atoms with Gasteiger partial charge in [-0.25, -0.2) is 0 Å². The number of benzene rings is 1. The topological polar surface area (TPSA) is 17.1 Å². The molecule has 4 aliphatic carbocycles. The highest BCUT2D eigenvalue weighted by Gasteiger charge is 2.59. The van der Waals surface area contributed by atoms with E-state index in [2.05, 4.69) is 30.3 Å². The minimum absolute atomic E-state index is 0.122. The lowest BCUT2D eigenvalue weighted by Crippen LogP contribution is -2.57. The monoisotopic (exact) mass is 294 g/mol. The second-order valence-corrected chi connectivity index (χ2v) is 7.94. The summed E-state index contributed by atoms with van der Waals surface area (Å²) in [4.78, 5) is 13.2. The lowest BCUT2D eigenvalue weighted by Gasteiger charge is -2.61. The molecule has 3 atom stereocenters. The highest BCUT2D eigenvalue weighted by atomic mass is 16.1. The maximum absolute atomic E-state index is 13.2. The highest BCUT2D eigenvalue weighted by Crippen LogP contribution is 2.64. The lowest BCUT2D eigenvalue weighted by molar-refractivity contribution is -0.135. The Bertz CT molecular complexity index is 598. The van der Waals surface area contributed by atoms with Gasteiger partial charge in [0.1, 0.15) is 0 Å². The Kier molecular flexibility index (Phi) is 3.29. The minimum atomic E-state index is 0.122. The summed E-state index contributed by atoms with van der Waals surface area (Å²) in [6.07, 6.45) is 8.46. The molecular weight excluding hydrogens is 268 g/mol. The van der Waals surface area contributed by atoms with Crippen molar-refractivity contribution in [2.75, 3.05) is 0 Å². The zero-order valence-electron chi connectivity index (χ0n) is 13.7. The van der Waals surface area contributed by atoms with E-state index in [1.165, 1.54) is 37.7 Å². The summed E-state index contributed by atoms with van der Waals surface area (Å²) >= 11 is 0. The van der Waals surface area contributed by atoms with Gasteiger partial charge in [-0.15, -0.1) is 0 Å². The number of allylic oxidation sites excluding steroid dienone is 2. The Morgan fingerprint density at radius 1 is 1.09 bits per heavy atom. The van der Waals surface area contributed by atoms with Crippen molar-refractivity contribution in [1.82, 2.24) is 0 Å². The van der Waals surface area contributed by atoms with E-state index in [0.717, 1.165) is 17.4 Å². The third-order valence-corrected chi connectivity index (χ3v) is 6.76. The minimum Gasteiger partial charge on any atom is -0.294 e. The van der Waals surface area contributed by atoms with E-state index < -0.39 is 0 Å². The standard InChI is InChI=1S/C21H26O/c1-3-14(2)20(22)19-17-10-15-9-16(11-17)13-21(19,12-15)18-7-5-4-6-8-18/h3-8,15-17,19H,9-13H2,1-2H3/b14-3+. The molecule has 0 aromatic heterocycles. The summed E-state index contributed by atoms with van der Waals surface area (Å²) in [5.74, 6) is 2.98. The van der Waals surface area contributed by atoms with Crippen molar-refractivity contribution in [2.45, 2.75) is 51.4 Å². The summed E-state index contributed by atoms with van der Waals surface area (Å²) in [5, 5.41) is 0. The van der Waals surface area contributed by atoms with Gasteiger partial charge in [-0.2, -0.15) is 0 Å². The van der Waals surface area contributed by atoms with Crippen molar-refractivity contribution < 1.29 is 4.79 Å². The van der Waals surface area contributed by atoms with Crippen LogP contribution in [0.2, 0.25) is 0 Å². The molecule has 4 saturated carbocycles. The van der Waals surface area contributed by atoms with Gasteiger partial charge in [-0.3, -0.25) is 4.79 Å². The number of Topliss-reactive ketones (excluding diaryl/α,β-unsaturated/α-hetero) is 1. The van der Waals surface area contributed by atoms with Gasteiger partial charge in [-0.05, 0) is 74.8 Å². The van der Waals surface area contributed by atoms with Gasteiger partial charge in [0.15, 0.2) is 5.78 Å². The molecule has 4 fully saturated rings. The third kappa shape index (κ3) is 1.94. The van der Waals surface area contributed by atoms with E-state index in [-0.39, 0.29) is 11.3 Å². The molecule has 0 N–H and O–H groups in total. The zero-order valence-corrected chi connectivity index (χ0v) is 13.7. The van der Waals surface area contributed by atoms with Gasteiger partial charge in [0.25, 0.3) is 0 Å². The smallest absolute Gasteiger partial charge is 0.162 e. The highest BCUT2D eigenvalue weighted by molar-refractivity contribution is 5.98. The van der Waals surface area contributed by atoms with Crippen molar-refractivity contribution in [1.29, 1.82) is 0 Å². The average Bonchev–Trinajstić information content (AvgIpc) is 2.53. The van der Waals surface area contributed by atoms with Crippen LogP contribution in [0.15, 0.2) is 42.0 Å². The van der Waals surface area contributed by atoms with Crippen LogP contribution in [0.25, 0.3) is 0 Å². The van der Waals surface area contributed by atoms with Crippen LogP contribution >= 0.6 is 0 Å². The molecule has 116 valence electrons. The number of rotatable bonds is 3. The van der Waals surface area contributed by atoms with Crippen molar-refractivity contribution in [3.63, 3.8) is 0 Å². The maximum Gasteiger partial charge on any atom is 0.162 e. The Balaban J connectivity index is 1.83. The molecule has 1 aromatic carbocycles. The van der Waals surface area contributed by atoms with Crippen molar-refractivity contribution in [3.8, 4) is 0 Å². The van der Waals surface area contributed by atoms with Gasteiger partial charge in [0, 0.05) is 11.3 Å². The van der Waals surface area contributed by atoms with E-state index >= 15 is 0 Å². The van der Waals surface area contributed by atoms with Gasteiger partial charge >= 0.3 is 0 Å². The van der Waals surface area contributed by atoms with Crippen LogP contribution in [0.5, 0.6) is 0 Å². The molecule has 3 unspecified atom stereocenters. The SMILES string of the molecule is C/C=C(\C)C(=O)C1C2CC3CC(C2)CC1(c1ccccc1)C3. The van der Waals surface area contributed by atoms with Crippen molar-refractivity contribution in [2.24, 2.45) is 23.7 Å². The van der Waals surface area contributed by atoms with Gasteiger partial charge in [0.2, 0.25) is 0 Å². The molecule has 0 spiro atoms. The summed E-state index contributed by atoms with van der Waals surface area (Å²) in [6, 6.07) is 10.9.